The summed E-state index contributed by atoms with van der Waals surface area (Å²) in [6.07, 6.45) is 1.68. The quantitative estimate of drug-likeness (QED) is 0.353. The van der Waals surface area contributed by atoms with E-state index >= 15 is 0 Å². The second kappa shape index (κ2) is 10.9. The lowest BCUT2D eigenvalue weighted by molar-refractivity contribution is -0.113. The van der Waals surface area contributed by atoms with Gasteiger partial charge in [0.05, 0.1) is 11.8 Å². The number of aromatic nitrogens is 3. The van der Waals surface area contributed by atoms with Gasteiger partial charge >= 0.3 is 0 Å². The maximum Gasteiger partial charge on any atom is 0.251 e. The molecule has 1 aromatic heterocycles. The number of hydrogen-bond acceptors (Lipinski definition) is 5. The Morgan fingerprint density at radius 3 is 2.69 bits per heavy atom. The summed E-state index contributed by atoms with van der Waals surface area (Å²) in [4.78, 5) is 24.7. The second-order valence-electron chi connectivity index (χ2n) is 6.79. The van der Waals surface area contributed by atoms with E-state index in [0.29, 0.717) is 33.8 Å². The van der Waals surface area contributed by atoms with Gasteiger partial charge < -0.3 is 15.2 Å². The SMILES string of the molecule is C=CCn1c(SCC(=O)Nc2cccc(F)c2)nnc1[C@@H](C)NC(=O)c1ccc(Cl)cc1. The Bertz CT molecular complexity index is 1120. The summed E-state index contributed by atoms with van der Waals surface area (Å²) in [5.74, 6) is -0.428. The molecular weight excluding hydrogens is 453 g/mol. The van der Waals surface area contributed by atoms with Crippen LogP contribution in [0.3, 0.4) is 0 Å². The van der Waals surface area contributed by atoms with E-state index in [1.54, 1.807) is 47.9 Å². The lowest BCUT2D eigenvalue weighted by Crippen LogP contribution is -2.28. The highest BCUT2D eigenvalue weighted by Gasteiger charge is 2.20. The van der Waals surface area contributed by atoms with E-state index in [-0.39, 0.29) is 17.6 Å². The summed E-state index contributed by atoms with van der Waals surface area (Å²) in [5.41, 5.74) is 0.849. The Labute approximate surface area is 194 Å². The summed E-state index contributed by atoms with van der Waals surface area (Å²) >= 11 is 7.05. The highest BCUT2D eigenvalue weighted by Crippen LogP contribution is 2.22. The van der Waals surface area contributed by atoms with Crippen molar-refractivity contribution in [1.29, 1.82) is 0 Å². The molecule has 0 aliphatic carbocycles. The highest BCUT2D eigenvalue weighted by molar-refractivity contribution is 7.99. The van der Waals surface area contributed by atoms with Crippen LogP contribution in [0.4, 0.5) is 10.1 Å². The summed E-state index contributed by atoms with van der Waals surface area (Å²) in [5, 5.41) is 14.9. The molecule has 0 unspecified atom stereocenters. The van der Waals surface area contributed by atoms with Crippen molar-refractivity contribution in [2.45, 2.75) is 24.7 Å². The molecule has 3 rings (SSSR count). The highest BCUT2D eigenvalue weighted by atomic mass is 35.5. The van der Waals surface area contributed by atoms with E-state index in [1.165, 1.54) is 30.0 Å². The molecule has 2 aromatic carbocycles. The standard InChI is InChI=1S/C22H21ClFN5O2S/c1-3-11-29-20(14(2)25-21(31)15-7-9-16(23)10-8-15)27-28-22(29)32-13-19(30)26-18-6-4-5-17(24)12-18/h3-10,12,14H,1,11,13H2,2H3,(H,25,31)(H,26,30)/t14-/m1/s1. The van der Waals surface area contributed by atoms with E-state index in [4.69, 9.17) is 11.6 Å². The van der Waals surface area contributed by atoms with Crippen molar-refractivity contribution in [3.05, 3.63) is 83.4 Å². The van der Waals surface area contributed by atoms with Gasteiger partial charge in [-0.05, 0) is 49.4 Å². The fourth-order valence-electron chi connectivity index (χ4n) is 2.87. The first-order chi connectivity index (χ1) is 15.4. The molecule has 0 aliphatic rings. The Balaban J connectivity index is 1.66. The number of nitrogens with zero attached hydrogens (tertiary/aromatic N) is 3. The minimum absolute atomic E-state index is 0.0529. The smallest absolute Gasteiger partial charge is 0.251 e. The van der Waals surface area contributed by atoms with Gasteiger partial charge in [-0.25, -0.2) is 4.39 Å². The molecule has 0 saturated heterocycles. The van der Waals surface area contributed by atoms with E-state index in [1.807, 2.05) is 0 Å². The number of thioether (sulfide) groups is 1. The fraction of sp³-hybridized carbons (Fsp3) is 0.182. The molecule has 2 amide bonds. The van der Waals surface area contributed by atoms with Gasteiger partial charge in [0.25, 0.3) is 5.91 Å². The number of carbonyl (C=O) groups excluding carboxylic acids is 2. The molecule has 32 heavy (non-hydrogen) atoms. The van der Waals surface area contributed by atoms with Crippen LogP contribution in [-0.4, -0.2) is 32.3 Å². The first-order valence-corrected chi connectivity index (χ1v) is 11.0. The number of halogens is 2. The van der Waals surface area contributed by atoms with Gasteiger partial charge in [-0.15, -0.1) is 16.8 Å². The molecule has 10 heteroatoms. The average molecular weight is 474 g/mol. The lowest BCUT2D eigenvalue weighted by atomic mass is 10.2. The molecule has 166 valence electrons. The van der Waals surface area contributed by atoms with Gasteiger partial charge in [0.2, 0.25) is 5.91 Å². The van der Waals surface area contributed by atoms with Crippen LogP contribution in [0.2, 0.25) is 5.02 Å². The number of anilines is 1. The topological polar surface area (TPSA) is 88.9 Å². The zero-order valence-electron chi connectivity index (χ0n) is 17.2. The monoisotopic (exact) mass is 473 g/mol. The van der Waals surface area contributed by atoms with E-state index in [0.717, 1.165) is 0 Å². The molecule has 0 radical (unpaired) electrons. The van der Waals surface area contributed by atoms with Crippen LogP contribution < -0.4 is 10.6 Å². The Morgan fingerprint density at radius 2 is 2.00 bits per heavy atom. The van der Waals surface area contributed by atoms with Gasteiger partial charge in [-0.1, -0.05) is 35.5 Å². The van der Waals surface area contributed by atoms with E-state index < -0.39 is 11.9 Å². The Kier molecular flexibility index (Phi) is 8.02. The number of amides is 2. The zero-order chi connectivity index (χ0) is 23.1. The lowest BCUT2D eigenvalue weighted by Gasteiger charge is -2.15. The van der Waals surface area contributed by atoms with Crippen LogP contribution in [-0.2, 0) is 11.3 Å². The molecular formula is C22H21ClFN5O2S. The van der Waals surface area contributed by atoms with Crippen molar-refractivity contribution in [2.75, 3.05) is 11.1 Å². The van der Waals surface area contributed by atoms with Gasteiger partial charge in [-0.2, -0.15) is 0 Å². The average Bonchev–Trinajstić information content (AvgIpc) is 3.15. The number of benzene rings is 2. The van der Waals surface area contributed by atoms with E-state index in [9.17, 15) is 14.0 Å². The molecule has 0 bridgehead atoms. The molecule has 0 saturated carbocycles. The molecule has 0 fully saturated rings. The third kappa shape index (κ3) is 6.18. The van der Waals surface area contributed by atoms with Crippen molar-refractivity contribution in [1.82, 2.24) is 20.1 Å². The van der Waals surface area contributed by atoms with Crippen molar-refractivity contribution in [2.24, 2.45) is 0 Å². The maximum absolute atomic E-state index is 13.3. The van der Waals surface area contributed by atoms with Crippen molar-refractivity contribution >= 4 is 40.9 Å². The molecule has 1 atom stereocenters. The number of carbonyl (C=O) groups is 2. The summed E-state index contributed by atoms with van der Waals surface area (Å²) in [6, 6.07) is 11.8. The molecule has 7 nitrogen and oxygen atoms in total. The van der Waals surface area contributed by atoms with Gasteiger partial charge in [0.15, 0.2) is 11.0 Å². The zero-order valence-corrected chi connectivity index (χ0v) is 18.8. The maximum atomic E-state index is 13.3. The Hall–Kier alpha value is -3.17. The fourth-order valence-corrected chi connectivity index (χ4v) is 3.75. The summed E-state index contributed by atoms with van der Waals surface area (Å²) in [6.45, 7) is 5.95. The van der Waals surface area contributed by atoms with Crippen LogP contribution in [0, 0.1) is 5.82 Å². The first-order valence-electron chi connectivity index (χ1n) is 9.66. The van der Waals surface area contributed by atoms with Crippen LogP contribution >= 0.6 is 23.4 Å². The van der Waals surface area contributed by atoms with Gasteiger partial charge in [-0.3, -0.25) is 9.59 Å². The first kappa shape index (κ1) is 23.5. The number of hydrogen-bond donors (Lipinski definition) is 2. The summed E-state index contributed by atoms with van der Waals surface area (Å²) < 4.78 is 15.1. The molecule has 0 aliphatic heterocycles. The number of nitrogens with one attached hydrogen (secondary N) is 2. The molecule has 3 aromatic rings. The predicted molar refractivity (Wildman–Crippen MR) is 123 cm³/mol. The van der Waals surface area contributed by atoms with Crippen molar-refractivity contribution in [3.8, 4) is 0 Å². The molecule has 0 spiro atoms. The van der Waals surface area contributed by atoms with E-state index in [2.05, 4.69) is 27.4 Å². The predicted octanol–water partition coefficient (Wildman–Crippen LogP) is 4.48. The minimum Gasteiger partial charge on any atom is -0.342 e. The largest absolute Gasteiger partial charge is 0.342 e. The molecule has 2 N–H and O–H groups in total. The normalized spacial score (nSPS) is 11.6. The number of rotatable bonds is 9. The second-order valence-corrected chi connectivity index (χ2v) is 8.17. The Morgan fingerprint density at radius 1 is 1.25 bits per heavy atom. The summed E-state index contributed by atoms with van der Waals surface area (Å²) in [7, 11) is 0. The van der Waals surface area contributed by atoms with Crippen LogP contribution in [0.5, 0.6) is 0 Å². The minimum atomic E-state index is -0.443. The van der Waals surface area contributed by atoms with Crippen molar-refractivity contribution < 1.29 is 14.0 Å². The molecule has 1 heterocycles. The van der Waals surface area contributed by atoms with Crippen LogP contribution in [0.1, 0.15) is 29.1 Å². The third-order valence-corrected chi connectivity index (χ3v) is 5.56. The number of allylic oxidation sites excluding steroid dienone is 1. The van der Waals surface area contributed by atoms with Crippen LogP contribution in [0.25, 0.3) is 0 Å². The van der Waals surface area contributed by atoms with Gasteiger partial charge in [0.1, 0.15) is 5.82 Å². The van der Waals surface area contributed by atoms with Crippen molar-refractivity contribution in [3.63, 3.8) is 0 Å². The van der Waals surface area contributed by atoms with Gasteiger partial charge in [0, 0.05) is 22.8 Å². The van der Waals surface area contributed by atoms with Crippen LogP contribution in [0.15, 0.2) is 66.3 Å². The third-order valence-electron chi connectivity index (χ3n) is 4.34.